The number of nitrogens with zero attached hydrogens (tertiary/aromatic N) is 5. The average Bonchev–Trinajstić information content (AvgIpc) is 2.94. The van der Waals surface area contributed by atoms with Crippen molar-refractivity contribution in [3.05, 3.63) is 56.5 Å². The second kappa shape index (κ2) is 6.43. The summed E-state index contributed by atoms with van der Waals surface area (Å²) in [7, 11) is 4.79. The number of thiocarbonyl (C=S) groups is 1. The standard InChI is InChI=1S/C17H15N5O2S/c1-20-13(8-7-11-5-4-6-12(9-11)18-10-25)19-15-14(20)16(23)22(3)17(24)21(15)2/h4-9H,1-3H3. The van der Waals surface area contributed by atoms with Crippen LogP contribution in [0.3, 0.4) is 0 Å². The molecule has 0 saturated heterocycles. The third-order valence-corrected chi connectivity index (χ3v) is 4.07. The second-order valence-electron chi connectivity index (χ2n) is 5.54. The molecule has 126 valence electrons. The quantitative estimate of drug-likeness (QED) is 0.532. The Morgan fingerprint density at radius 2 is 1.88 bits per heavy atom. The van der Waals surface area contributed by atoms with Crippen LogP contribution in [0.4, 0.5) is 5.69 Å². The zero-order chi connectivity index (χ0) is 18.1. The number of aliphatic imine (C=N–C) groups is 1. The van der Waals surface area contributed by atoms with Gasteiger partial charge in [0.25, 0.3) is 5.56 Å². The molecule has 8 heteroatoms. The number of aromatic nitrogens is 4. The van der Waals surface area contributed by atoms with Crippen molar-refractivity contribution in [3.8, 4) is 0 Å². The Bertz CT molecular complexity index is 1180. The van der Waals surface area contributed by atoms with E-state index in [9.17, 15) is 9.59 Å². The molecule has 0 fully saturated rings. The molecule has 0 N–H and O–H groups in total. The average molecular weight is 353 g/mol. The molecule has 0 aliphatic carbocycles. The van der Waals surface area contributed by atoms with E-state index in [0.29, 0.717) is 22.7 Å². The van der Waals surface area contributed by atoms with Crippen molar-refractivity contribution in [1.29, 1.82) is 0 Å². The topological polar surface area (TPSA) is 74.2 Å². The van der Waals surface area contributed by atoms with Crippen molar-refractivity contribution in [2.24, 2.45) is 26.1 Å². The van der Waals surface area contributed by atoms with Crippen LogP contribution in [0, 0.1) is 0 Å². The van der Waals surface area contributed by atoms with E-state index in [2.05, 4.69) is 27.4 Å². The molecule has 25 heavy (non-hydrogen) atoms. The van der Waals surface area contributed by atoms with Gasteiger partial charge in [0.15, 0.2) is 11.2 Å². The minimum Gasteiger partial charge on any atom is -0.322 e. The molecule has 2 aromatic heterocycles. The molecule has 0 aliphatic rings. The third-order valence-electron chi connectivity index (χ3n) is 3.98. The van der Waals surface area contributed by atoms with E-state index in [1.165, 1.54) is 11.6 Å². The Kier molecular flexibility index (Phi) is 4.31. The lowest BCUT2D eigenvalue weighted by molar-refractivity contribution is 0.705. The number of benzene rings is 1. The van der Waals surface area contributed by atoms with Gasteiger partial charge in [0.05, 0.1) is 10.8 Å². The Labute approximate surface area is 148 Å². The summed E-state index contributed by atoms with van der Waals surface area (Å²) in [5, 5.41) is 2.33. The van der Waals surface area contributed by atoms with Gasteiger partial charge in [-0.05, 0) is 36.0 Å². The SMILES string of the molecule is Cn1c(=O)c2c(nc(C=Cc3cccc(N=C=S)c3)n2C)n(C)c1=O. The van der Waals surface area contributed by atoms with Crippen LogP contribution in [0.25, 0.3) is 23.3 Å². The Morgan fingerprint density at radius 1 is 1.12 bits per heavy atom. The van der Waals surface area contributed by atoms with E-state index in [-0.39, 0.29) is 5.56 Å². The van der Waals surface area contributed by atoms with E-state index in [1.54, 1.807) is 24.7 Å². The number of isothiocyanates is 1. The molecule has 2 heterocycles. The lowest BCUT2D eigenvalue weighted by Gasteiger charge is -2.03. The highest BCUT2D eigenvalue weighted by atomic mass is 32.1. The maximum atomic E-state index is 12.4. The zero-order valence-electron chi connectivity index (χ0n) is 13.9. The van der Waals surface area contributed by atoms with E-state index >= 15 is 0 Å². The maximum absolute atomic E-state index is 12.4. The largest absolute Gasteiger partial charge is 0.332 e. The van der Waals surface area contributed by atoms with Gasteiger partial charge >= 0.3 is 5.69 Å². The van der Waals surface area contributed by atoms with Gasteiger partial charge in [-0.3, -0.25) is 13.9 Å². The van der Waals surface area contributed by atoms with Crippen molar-refractivity contribution in [2.45, 2.75) is 0 Å². The summed E-state index contributed by atoms with van der Waals surface area (Å²) in [5.74, 6) is 0.567. The maximum Gasteiger partial charge on any atom is 0.332 e. The molecule has 0 unspecified atom stereocenters. The fraction of sp³-hybridized carbons (Fsp3) is 0.176. The lowest BCUT2D eigenvalue weighted by Crippen LogP contribution is -2.37. The minimum absolute atomic E-state index is 0.356. The van der Waals surface area contributed by atoms with Crippen molar-refractivity contribution in [1.82, 2.24) is 18.7 Å². The molecule has 1 aromatic carbocycles. The normalized spacial score (nSPS) is 11.2. The number of fused-ring (bicyclic) bond motifs is 1. The molecular weight excluding hydrogens is 338 g/mol. The fourth-order valence-electron chi connectivity index (χ4n) is 2.61. The summed E-state index contributed by atoms with van der Waals surface area (Å²) in [6.07, 6.45) is 3.64. The van der Waals surface area contributed by atoms with Crippen LogP contribution in [0.15, 0.2) is 38.8 Å². The fourth-order valence-corrected chi connectivity index (χ4v) is 2.71. The molecule has 3 aromatic rings. The van der Waals surface area contributed by atoms with E-state index < -0.39 is 5.69 Å². The van der Waals surface area contributed by atoms with E-state index in [1.807, 2.05) is 30.3 Å². The van der Waals surface area contributed by atoms with Crippen molar-refractivity contribution < 1.29 is 0 Å². The summed E-state index contributed by atoms with van der Waals surface area (Å²) >= 11 is 4.61. The van der Waals surface area contributed by atoms with Crippen molar-refractivity contribution >= 4 is 46.4 Å². The number of hydrogen-bond acceptors (Lipinski definition) is 5. The van der Waals surface area contributed by atoms with Crippen LogP contribution in [-0.2, 0) is 21.1 Å². The molecule has 0 amide bonds. The second-order valence-corrected chi connectivity index (χ2v) is 5.72. The van der Waals surface area contributed by atoms with Crippen LogP contribution in [0.2, 0.25) is 0 Å². The van der Waals surface area contributed by atoms with Gasteiger partial charge in [-0.2, -0.15) is 4.99 Å². The molecule has 0 bridgehead atoms. The van der Waals surface area contributed by atoms with Gasteiger partial charge in [-0.25, -0.2) is 9.78 Å². The number of hydrogen-bond donors (Lipinski definition) is 0. The van der Waals surface area contributed by atoms with Crippen molar-refractivity contribution in [2.75, 3.05) is 0 Å². The van der Waals surface area contributed by atoms with Crippen LogP contribution < -0.4 is 11.2 Å². The first-order valence-corrected chi connectivity index (χ1v) is 7.83. The van der Waals surface area contributed by atoms with Gasteiger partial charge in [0.2, 0.25) is 0 Å². The first-order valence-electron chi connectivity index (χ1n) is 7.42. The summed E-state index contributed by atoms with van der Waals surface area (Å²) in [6.45, 7) is 0. The molecule has 0 spiro atoms. The van der Waals surface area contributed by atoms with Gasteiger partial charge in [0, 0.05) is 21.1 Å². The third kappa shape index (κ3) is 2.88. The monoisotopic (exact) mass is 353 g/mol. The molecule has 0 radical (unpaired) electrons. The molecule has 0 aliphatic heterocycles. The van der Waals surface area contributed by atoms with Gasteiger partial charge < -0.3 is 4.57 Å². The molecule has 3 rings (SSSR count). The van der Waals surface area contributed by atoms with Gasteiger partial charge in [0.1, 0.15) is 5.82 Å². The zero-order valence-corrected chi connectivity index (χ0v) is 14.7. The van der Waals surface area contributed by atoms with Crippen LogP contribution in [-0.4, -0.2) is 23.8 Å². The smallest absolute Gasteiger partial charge is 0.322 e. The predicted octanol–water partition coefficient (Wildman–Crippen LogP) is 1.88. The van der Waals surface area contributed by atoms with Crippen LogP contribution >= 0.6 is 12.2 Å². The minimum atomic E-state index is -0.406. The van der Waals surface area contributed by atoms with Crippen LogP contribution in [0.1, 0.15) is 11.4 Å². The van der Waals surface area contributed by atoms with Gasteiger partial charge in [-0.15, -0.1) is 0 Å². The molecular formula is C17H15N5O2S. The Morgan fingerprint density at radius 3 is 2.60 bits per heavy atom. The van der Waals surface area contributed by atoms with Gasteiger partial charge in [-0.1, -0.05) is 18.2 Å². The molecule has 7 nitrogen and oxygen atoms in total. The van der Waals surface area contributed by atoms with Crippen LogP contribution in [0.5, 0.6) is 0 Å². The number of rotatable bonds is 3. The first-order chi connectivity index (χ1) is 11.9. The van der Waals surface area contributed by atoms with E-state index in [4.69, 9.17) is 0 Å². The Balaban J connectivity index is 2.13. The summed E-state index contributed by atoms with van der Waals surface area (Å²) in [4.78, 5) is 32.8. The summed E-state index contributed by atoms with van der Waals surface area (Å²) < 4.78 is 4.11. The lowest BCUT2D eigenvalue weighted by atomic mass is 10.2. The highest BCUT2D eigenvalue weighted by molar-refractivity contribution is 7.78. The summed E-state index contributed by atoms with van der Waals surface area (Å²) in [6, 6.07) is 7.45. The first kappa shape index (κ1) is 16.8. The molecule has 0 atom stereocenters. The van der Waals surface area contributed by atoms with E-state index in [0.717, 1.165) is 10.1 Å². The highest BCUT2D eigenvalue weighted by Gasteiger charge is 2.15. The molecule has 0 saturated carbocycles. The summed E-state index contributed by atoms with van der Waals surface area (Å²) in [5.41, 5.74) is 1.57. The van der Waals surface area contributed by atoms with Crippen molar-refractivity contribution in [3.63, 3.8) is 0 Å². The predicted molar refractivity (Wildman–Crippen MR) is 101 cm³/mol. The number of aryl methyl sites for hydroxylation is 2. The highest BCUT2D eigenvalue weighted by Crippen LogP contribution is 2.16. The number of imidazole rings is 1. The Hall–Kier alpha value is -3.09.